The van der Waals surface area contributed by atoms with Gasteiger partial charge in [0.15, 0.2) is 0 Å². The topological polar surface area (TPSA) is 80.8 Å². The van der Waals surface area contributed by atoms with Crippen LogP contribution in [0.15, 0.2) is 47.4 Å². The first-order valence-electron chi connectivity index (χ1n) is 8.93. The highest BCUT2D eigenvalue weighted by molar-refractivity contribution is 7.90. The summed E-state index contributed by atoms with van der Waals surface area (Å²) >= 11 is 0. The number of hydrogen-bond donors (Lipinski definition) is 0. The maximum Gasteiger partial charge on any atom is 0.338 e. The fourth-order valence-corrected chi connectivity index (χ4v) is 5.17. The molecule has 0 unspecified atom stereocenters. The maximum absolute atomic E-state index is 12.5. The van der Waals surface area contributed by atoms with Gasteiger partial charge in [-0.05, 0) is 61.1 Å². The molecule has 7 heteroatoms. The molecule has 0 saturated carbocycles. The van der Waals surface area contributed by atoms with Gasteiger partial charge in [0.05, 0.1) is 17.7 Å². The predicted molar refractivity (Wildman–Crippen MR) is 98.0 cm³/mol. The molecule has 0 spiro atoms. The Hall–Kier alpha value is -2.67. The van der Waals surface area contributed by atoms with Crippen LogP contribution >= 0.6 is 0 Å². The maximum atomic E-state index is 12.5. The number of carbonyl (C=O) groups is 2. The third kappa shape index (κ3) is 3.12. The Bertz CT molecular complexity index is 1030. The smallest absolute Gasteiger partial charge is 0.338 e. The molecule has 1 amide bonds. The Balaban J connectivity index is 1.42. The van der Waals surface area contributed by atoms with Gasteiger partial charge in [-0.15, -0.1) is 0 Å². The van der Waals surface area contributed by atoms with E-state index in [0.29, 0.717) is 5.56 Å². The van der Waals surface area contributed by atoms with Crippen LogP contribution in [0, 0.1) is 0 Å². The first-order valence-corrected chi connectivity index (χ1v) is 10.4. The van der Waals surface area contributed by atoms with Crippen molar-refractivity contribution < 1.29 is 22.7 Å². The summed E-state index contributed by atoms with van der Waals surface area (Å²) < 4.78 is 30.9. The number of sulfonamides is 1. The number of hydrogen-bond acceptors (Lipinski definition) is 5. The van der Waals surface area contributed by atoms with Crippen LogP contribution in [0.4, 0.5) is 0 Å². The highest BCUT2D eigenvalue weighted by Crippen LogP contribution is 2.29. The molecule has 1 aliphatic heterocycles. The van der Waals surface area contributed by atoms with Gasteiger partial charge in [-0.25, -0.2) is 17.5 Å². The molecule has 0 saturated heterocycles. The number of aryl methyl sites for hydroxylation is 2. The van der Waals surface area contributed by atoms with Crippen LogP contribution < -0.4 is 0 Å². The largest absolute Gasteiger partial charge is 0.460 e. The Kier molecular flexibility index (Phi) is 4.47. The van der Waals surface area contributed by atoms with Crippen LogP contribution in [-0.4, -0.2) is 37.8 Å². The van der Waals surface area contributed by atoms with Crippen molar-refractivity contribution in [3.8, 4) is 0 Å². The van der Waals surface area contributed by atoms with Crippen LogP contribution in [-0.2, 0) is 27.6 Å². The van der Waals surface area contributed by atoms with Crippen molar-refractivity contribution in [1.29, 1.82) is 0 Å². The Morgan fingerprint density at radius 2 is 1.78 bits per heavy atom. The molecule has 0 aromatic heterocycles. The van der Waals surface area contributed by atoms with Crippen LogP contribution in [0.2, 0.25) is 0 Å². The molecule has 27 heavy (non-hydrogen) atoms. The summed E-state index contributed by atoms with van der Waals surface area (Å²) in [5.74, 6) is -1.10. The second kappa shape index (κ2) is 6.81. The van der Waals surface area contributed by atoms with E-state index in [2.05, 4.69) is 0 Å². The molecule has 0 bridgehead atoms. The molecule has 2 aromatic rings. The van der Waals surface area contributed by atoms with E-state index in [-0.39, 0.29) is 23.6 Å². The van der Waals surface area contributed by atoms with Gasteiger partial charge >= 0.3 is 5.97 Å². The molecule has 1 heterocycles. The minimum Gasteiger partial charge on any atom is -0.460 e. The standard InChI is InChI=1S/C20H19NO5S/c22-19-17-7-3-4-8-18(17)27(24,25)21(19)11-12-26-20(23)16-10-9-14-5-1-2-6-15(14)13-16/h3-4,7-10,13H,1-2,5-6,11-12H2. The summed E-state index contributed by atoms with van der Waals surface area (Å²) in [6, 6.07) is 11.6. The number of fused-ring (bicyclic) bond motifs is 2. The van der Waals surface area contributed by atoms with Gasteiger partial charge in [0.25, 0.3) is 15.9 Å². The van der Waals surface area contributed by atoms with E-state index < -0.39 is 21.9 Å². The lowest BCUT2D eigenvalue weighted by molar-refractivity contribution is 0.0477. The van der Waals surface area contributed by atoms with Gasteiger partial charge in [0.2, 0.25) is 0 Å². The fraction of sp³-hybridized carbons (Fsp3) is 0.300. The van der Waals surface area contributed by atoms with Crippen LogP contribution in [0.1, 0.15) is 44.7 Å². The van der Waals surface area contributed by atoms with Crippen molar-refractivity contribution in [1.82, 2.24) is 4.31 Å². The summed E-state index contributed by atoms with van der Waals surface area (Å²) in [5, 5.41) is 0. The third-order valence-corrected chi connectivity index (χ3v) is 6.86. The predicted octanol–water partition coefficient (Wildman–Crippen LogP) is 2.57. The van der Waals surface area contributed by atoms with Crippen molar-refractivity contribution in [3.63, 3.8) is 0 Å². The second-order valence-corrected chi connectivity index (χ2v) is 8.54. The SMILES string of the molecule is O=C(OCCN1C(=O)c2ccccc2S1(=O)=O)c1ccc2c(c1)CCCC2. The van der Waals surface area contributed by atoms with Crippen molar-refractivity contribution in [2.75, 3.05) is 13.2 Å². The van der Waals surface area contributed by atoms with Gasteiger partial charge in [-0.3, -0.25) is 4.79 Å². The number of esters is 1. The fourth-order valence-electron chi connectivity index (χ4n) is 3.62. The molecule has 0 atom stereocenters. The number of ether oxygens (including phenoxy) is 1. The van der Waals surface area contributed by atoms with Crippen molar-refractivity contribution >= 4 is 21.9 Å². The summed E-state index contributed by atoms with van der Waals surface area (Å²) in [4.78, 5) is 24.6. The van der Waals surface area contributed by atoms with E-state index in [9.17, 15) is 18.0 Å². The number of rotatable bonds is 4. The lowest BCUT2D eigenvalue weighted by Crippen LogP contribution is -2.33. The summed E-state index contributed by atoms with van der Waals surface area (Å²) in [6.07, 6.45) is 4.26. The molecule has 0 N–H and O–H groups in total. The third-order valence-electron chi connectivity index (χ3n) is 5.02. The van der Waals surface area contributed by atoms with Crippen molar-refractivity contribution in [3.05, 3.63) is 64.7 Å². The number of benzene rings is 2. The minimum absolute atomic E-state index is 0.00369. The Morgan fingerprint density at radius 3 is 2.56 bits per heavy atom. The molecular weight excluding hydrogens is 366 g/mol. The minimum atomic E-state index is -3.88. The first-order chi connectivity index (χ1) is 13.0. The molecule has 0 fully saturated rings. The molecular formula is C20H19NO5S. The van der Waals surface area contributed by atoms with Crippen molar-refractivity contribution in [2.24, 2.45) is 0 Å². The zero-order valence-corrected chi connectivity index (χ0v) is 15.5. The average Bonchev–Trinajstić information content (AvgIpc) is 2.88. The summed E-state index contributed by atoms with van der Waals surface area (Å²) in [5.41, 5.74) is 3.04. The van der Waals surface area contributed by atoms with E-state index in [1.807, 2.05) is 12.1 Å². The van der Waals surface area contributed by atoms with Gasteiger partial charge in [0.1, 0.15) is 11.5 Å². The quantitative estimate of drug-likeness (QED) is 0.756. The molecule has 6 nitrogen and oxygen atoms in total. The molecule has 140 valence electrons. The number of carbonyl (C=O) groups excluding carboxylic acids is 2. The molecule has 1 aliphatic carbocycles. The van der Waals surface area contributed by atoms with Gasteiger partial charge in [0, 0.05) is 0 Å². The zero-order chi connectivity index (χ0) is 19.0. The van der Waals surface area contributed by atoms with Gasteiger partial charge < -0.3 is 4.74 Å². The van der Waals surface area contributed by atoms with E-state index >= 15 is 0 Å². The lowest BCUT2D eigenvalue weighted by Gasteiger charge is -2.17. The van der Waals surface area contributed by atoms with Crippen LogP contribution in [0.25, 0.3) is 0 Å². The normalized spacial score (nSPS) is 17.3. The van der Waals surface area contributed by atoms with E-state index in [0.717, 1.165) is 30.0 Å². The molecule has 0 radical (unpaired) electrons. The van der Waals surface area contributed by atoms with E-state index in [1.165, 1.54) is 23.3 Å². The van der Waals surface area contributed by atoms with E-state index in [1.54, 1.807) is 18.2 Å². The van der Waals surface area contributed by atoms with Crippen LogP contribution in [0.5, 0.6) is 0 Å². The highest BCUT2D eigenvalue weighted by Gasteiger charge is 2.40. The van der Waals surface area contributed by atoms with Gasteiger partial charge in [-0.2, -0.15) is 0 Å². The number of amides is 1. The zero-order valence-electron chi connectivity index (χ0n) is 14.7. The highest BCUT2D eigenvalue weighted by atomic mass is 32.2. The Morgan fingerprint density at radius 1 is 1.04 bits per heavy atom. The summed E-state index contributed by atoms with van der Waals surface area (Å²) in [7, 11) is -3.88. The lowest BCUT2D eigenvalue weighted by atomic mass is 9.90. The van der Waals surface area contributed by atoms with Crippen molar-refractivity contribution in [2.45, 2.75) is 30.6 Å². The second-order valence-electron chi connectivity index (χ2n) is 6.71. The molecule has 2 aromatic carbocycles. The monoisotopic (exact) mass is 385 g/mol. The summed E-state index contributed by atoms with van der Waals surface area (Å²) in [6.45, 7) is -0.387. The first kappa shape index (κ1) is 17.7. The number of nitrogens with zero attached hydrogens (tertiary/aromatic N) is 1. The molecule has 4 rings (SSSR count). The van der Waals surface area contributed by atoms with Gasteiger partial charge in [-0.1, -0.05) is 18.2 Å². The molecule has 2 aliphatic rings. The van der Waals surface area contributed by atoms with E-state index in [4.69, 9.17) is 4.74 Å². The Labute approximate surface area is 157 Å². The average molecular weight is 385 g/mol. The van der Waals surface area contributed by atoms with Crippen LogP contribution in [0.3, 0.4) is 0 Å².